The molecule has 2 N–H and O–H groups in total. The van der Waals surface area contributed by atoms with Crippen LogP contribution in [-0.4, -0.2) is 23.8 Å². The van der Waals surface area contributed by atoms with Gasteiger partial charge in [-0.15, -0.1) is 24.0 Å². The third-order valence-electron chi connectivity index (χ3n) is 0.748. The Labute approximate surface area is 67.0 Å². The van der Waals surface area contributed by atoms with E-state index in [-0.39, 0.29) is 12.4 Å². The lowest BCUT2D eigenvalue weighted by molar-refractivity contribution is 0.142. The van der Waals surface area contributed by atoms with Gasteiger partial charge in [-0.3, -0.25) is 5.32 Å². The Hall–Kier alpha value is 0.500. The van der Waals surface area contributed by atoms with E-state index in [4.69, 9.17) is 16.7 Å². The first kappa shape index (κ1) is 12.2. The van der Waals surface area contributed by atoms with Crippen molar-refractivity contribution in [1.29, 1.82) is 0 Å². The fourth-order valence-electron chi connectivity index (χ4n) is 0.323. The second-order valence-corrected chi connectivity index (χ2v) is 1.83. The molecule has 0 aliphatic rings. The summed E-state index contributed by atoms with van der Waals surface area (Å²) in [6.45, 7) is 4.12. The molecule has 1 radical (unpaired) electrons. The lowest BCUT2D eigenvalue weighted by Gasteiger charge is -2.06. The maximum Gasteiger partial charge on any atom is 0.104 e. The Balaban J connectivity index is 0. The number of hydrogen-bond donors (Lipinski definition) is 2. The Morgan fingerprint density at radius 1 is 1.67 bits per heavy atom. The van der Waals surface area contributed by atoms with Crippen LogP contribution in [0.15, 0.2) is 0 Å². The van der Waals surface area contributed by atoms with Crippen LogP contribution in [0.2, 0.25) is 0 Å². The Kier molecular flexibility index (Phi) is 11.5. The quantitative estimate of drug-likeness (QED) is 0.486. The normalized spacial score (nSPS) is 12.3. The summed E-state index contributed by atoms with van der Waals surface area (Å²) in [6.07, 6.45) is -0.00887. The molecular weight excluding hydrogens is 161 g/mol. The van der Waals surface area contributed by atoms with Crippen molar-refractivity contribution in [1.82, 2.24) is 5.32 Å². The van der Waals surface area contributed by atoms with E-state index < -0.39 is 6.23 Å². The second kappa shape index (κ2) is 8.50. The number of nitrogens with one attached hydrogen (secondary N) is 1. The zero-order chi connectivity index (χ0) is 6.41. The lowest BCUT2D eigenvalue weighted by Crippen LogP contribution is -2.29. The molecule has 0 amide bonds. The first-order valence-corrected chi connectivity index (χ1v) is 3.11. The maximum absolute atomic E-state index is 8.76. The Morgan fingerprint density at radius 2 is 2.22 bits per heavy atom. The fraction of sp³-hybridized carbons (Fsp3) is 0.800. The van der Waals surface area contributed by atoms with E-state index in [1.165, 1.54) is 0 Å². The van der Waals surface area contributed by atoms with E-state index in [1.807, 2.05) is 0 Å². The van der Waals surface area contributed by atoms with Crippen LogP contribution in [-0.2, 0) is 0 Å². The highest BCUT2D eigenvalue weighted by Gasteiger charge is 1.94. The molecule has 0 aliphatic carbocycles. The molecular formula is C5H12Cl2NO. The summed E-state index contributed by atoms with van der Waals surface area (Å²) in [5, 5.41) is 11.5. The van der Waals surface area contributed by atoms with Crippen molar-refractivity contribution < 1.29 is 5.11 Å². The van der Waals surface area contributed by atoms with Crippen molar-refractivity contribution in [3.63, 3.8) is 0 Å². The fourth-order valence-corrected chi connectivity index (χ4v) is 0.432. The van der Waals surface area contributed by atoms with Crippen LogP contribution in [0.3, 0.4) is 0 Å². The van der Waals surface area contributed by atoms with Gasteiger partial charge in [0.25, 0.3) is 0 Å². The average Bonchev–Trinajstić information content (AvgIpc) is 1.83. The number of hydrogen-bond acceptors (Lipinski definition) is 2. The number of alkyl halides is 1. The molecule has 0 aromatic carbocycles. The summed E-state index contributed by atoms with van der Waals surface area (Å²) in [6, 6.07) is 0. The molecule has 0 bridgehead atoms. The van der Waals surface area contributed by atoms with E-state index in [0.29, 0.717) is 18.8 Å². The predicted octanol–water partition coefficient (Wildman–Crippen LogP) is 0.779. The van der Waals surface area contributed by atoms with Gasteiger partial charge in [-0.1, -0.05) is 0 Å². The van der Waals surface area contributed by atoms with Gasteiger partial charge in [0.05, 0.1) is 0 Å². The highest BCUT2D eigenvalue weighted by molar-refractivity contribution is 6.18. The van der Waals surface area contributed by atoms with Gasteiger partial charge in [0.15, 0.2) is 0 Å². The summed E-state index contributed by atoms with van der Waals surface area (Å²) in [7, 11) is 0. The van der Waals surface area contributed by atoms with Gasteiger partial charge in [0, 0.05) is 12.4 Å². The SMILES string of the molecule is Cl.[CH2]CC(O)NCCCl. The van der Waals surface area contributed by atoms with Gasteiger partial charge < -0.3 is 5.11 Å². The largest absolute Gasteiger partial charge is 0.379 e. The van der Waals surface area contributed by atoms with Crippen molar-refractivity contribution in [3.05, 3.63) is 6.92 Å². The number of rotatable bonds is 4. The summed E-state index contributed by atoms with van der Waals surface area (Å²) >= 11 is 5.31. The van der Waals surface area contributed by atoms with E-state index in [1.54, 1.807) is 0 Å². The molecule has 0 aromatic heterocycles. The molecule has 0 saturated carbocycles. The maximum atomic E-state index is 8.76. The third kappa shape index (κ3) is 8.50. The number of aliphatic hydroxyl groups excluding tert-OH is 1. The van der Waals surface area contributed by atoms with E-state index in [2.05, 4.69) is 12.2 Å². The minimum absolute atomic E-state index is 0. The van der Waals surface area contributed by atoms with Crippen LogP contribution in [0.5, 0.6) is 0 Å². The van der Waals surface area contributed by atoms with Crippen molar-refractivity contribution in [2.75, 3.05) is 12.4 Å². The van der Waals surface area contributed by atoms with Gasteiger partial charge in [0.1, 0.15) is 6.23 Å². The minimum atomic E-state index is -0.492. The summed E-state index contributed by atoms with van der Waals surface area (Å²) in [5.41, 5.74) is 0. The smallest absolute Gasteiger partial charge is 0.104 e. The zero-order valence-electron chi connectivity index (χ0n) is 5.14. The standard InChI is InChI=1S/C5H11ClNO.ClH/c1-2-5(8)7-4-3-6;/h5,7-8H,1-4H2;1H. The van der Waals surface area contributed by atoms with Crippen LogP contribution in [0.1, 0.15) is 6.42 Å². The highest BCUT2D eigenvalue weighted by Crippen LogP contribution is 1.81. The summed E-state index contributed by atoms with van der Waals surface area (Å²) in [5.74, 6) is 0.525. The molecule has 0 spiro atoms. The van der Waals surface area contributed by atoms with Crippen LogP contribution < -0.4 is 5.32 Å². The second-order valence-electron chi connectivity index (χ2n) is 1.45. The molecule has 9 heavy (non-hydrogen) atoms. The first-order chi connectivity index (χ1) is 3.81. The van der Waals surface area contributed by atoms with E-state index >= 15 is 0 Å². The lowest BCUT2D eigenvalue weighted by atomic mass is 10.4. The van der Waals surface area contributed by atoms with E-state index in [0.717, 1.165) is 0 Å². The van der Waals surface area contributed by atoms with Crippen molar-refractivity contribution in [2.24, 2.45) is 0 Å². The van der Waals surface area contributed by atoms with Gasteiger partial charge in [-0.2, -0.15) is 0 Å². The zero-order valence-corrected chi connectivity index (χ0v) is 6.71. The minimum Gasteiger partial charge on any atom is -0.379 e. The molecule has 0 saturated heterocycles. The molecule has 2 nitrogen and oxygen atoms in total. The van der Waals surface area contributed by atoms with Crippen molar-refractivity contribution in [2.45, 2.75) is 12.6 Å². The molecule has 0 heterocycles. The monoisotopic (exact) mass is 172 g/mol. The average molecular weight is 173 g/mol. The summed E-state index contributed by atoms with van der Waals surface area (Å²) < 4.78 is 0. The molecule has 1 unspecified atom stereocenters. The predicted molar refractivity (Wildman–Crippen MR) is 42.0 cm³/mol. The molecule has 0 aliphatic heterocycles. The molecule has 0 fully saturated rings. The highest BCUT2D eigenvalue weighted by atomic mass is 35.5. The van der Waals surface area contributed by atoms with Gasteiger partial charge in [-0.05, 0) is 13.3 Å². The van der Waals surface area contributed by atoms with Crippen LogP contribution in [0.4, 0.5) is 0 Å². The summed E-state index contributed by atoms with van der Waals surface area (Å²) in [4.78, 5) is 0. The Morgan fingerprint density at radius 3 is 2.56 bits per heavy atom. The molecule has 4 heteroatoms. The number of aliphatic hydroxyl groups is 1. The van der Waals surface area contributed by atoms with Gasteiger partial charge in [0.2, 0.25) is 0 Å². The van der Waals surface area contributed by atoms with Crippen molar-refractivity contribution in [3.8, 4) is 0 Å². The van der Waals surface area contributed by atoms with Crippen LogP contribution >= 0.6 is 24.0 Å². The number of halogens is 2. The van der Waals surface area contributed by atoms with Gasteiger partial charge >= 0.3 is 0 Å². The molecule has 1 atom stereocenters. The first-order valence-electron chi connectivity index (χ1n) is 2.58. The third-order valence-corrected chi connectivity index (χ3v) is 0.937. The van der Waals surface area contributed by atoms with Crippen molar-refractivity contribution >= 4 is 24.0 Å². The molecule has 0 rings (SSSR count). The van der Waals surface area contributed by atoms with Crippen LogP contribution in [0, 0.1) is 6.92 Å². The van der Waals surface area contributed by atoms with E-state index in [9.17, 15) is 0 Å². The molecule has 0 aromatic rings. The Bertz CT molecular complexity index is 54.2. The van der Waals surface area contributed by atoms with Crippen LogP contribution in [0.25, 0.3) is 0 Å². The van der Waals surface area contributed by atoms with Gasteiger partial charge in [-0.25, -0.2) is 0 Å². The molecule has 57 valence electrons. The topological polar surface area (TPSA) is 32.3 Å².